The van der Waals surface area contributed by atoms with E-state index in [0.717, 1.165) is 4.68 Å². The van der Waals surface area contributed by atoms with E-state index in [1.165, 1.54) is 7.05 Å². The first kappa shape index (κ1) is 15.8. The van der Waals surface area contributed by atoms with Crippen LogP contribution in [0.1, 0.15) is 18.2 Å². The predicted molar refractivity (Wildman–Crippen MR) is 61.5 cm³/mol. The molecule has 0 amide bonds. The second kappa shape index (κ2) is 5.79. The minimum absolute atomic E-state index is 0.0967. The molecule has 1 unspecified atom stereocenters. The van der Waals surface area contributed by atoms with Gasteiger partial charge in [-0.15, -0.1) is 0 Å². The lowest BCUT2D eigenvalue weighted by atomic mass is 10.1. The summed E-state index contributed by atoms with van der Waals surface area (Å²) in [5.74, 6) is -0.782. The molecule has 0 saturated carbocycles. The number of halogens is 4. The summed E-state index contributed by atoms with van der Waals surface area (Å²) in [6.45, 7) is 1.67. The molecular formula is C10H13ClF3N3O2. The van der Waals surface area contributed by atoms with E-state index in [2.05, 4.69) is 9.84 Å². The molecule has 0 aromatic carbocycles. The van der Waals surface area contributed by atoms with Crippen LogP contribution in [0, 0.1) is 0 Å². The molecule has 0 aliphatic rings. The molecule has 0 radical (unpaired) electrons. The van der Waals surface area contributed by atoms with Crippen molar-refractivity contribution in [3.63, 3.8) is 0 Å². The van der Waals surface area contributed by atoms with E-state index < -0.39 is 23.9 Å². The Labute approximate surface area is 112 Å². The van der Waals surface area contributed by atoms with Gasteiger partial charge in [0.25, 0.3) is 0 Å². The largest absolute Gasteiger partial charge is 0.465 e. The van der Waals surface area contributed by atoms with Crippen LogP contribution >= 0.6 is 11.6 Å². The maximum atomic E-state index is 12.7. The third-order valence-corrected chi connectivity index (χ3v) is 2.82. The average molecular weight is 300 g/mol. The van der Waals surface area contributed by atoms with Gasteiger partial charge in [0.1, 0.15) is 11.2 Å². The number of hydrogen-bond donors (Lipinski definition) is 1. The monoisotopic (exact) mass is 299 g/mol. The molecule has 0 spiro atoms. The van der Waals surface area contributed by atoms with Crippen molar-refractivity contribution in [3.05, 3.63) is 16.4 Å². The number of nitrogens with zero attached hydrogens (tertiary/aromatic N) is 2. The van der Waals surface area contributed by atoms with Gasteiger partial charge in [0.05, 0.1) is 6.61 Å². The molecule has 5 nitrogen and oxygen atoms in total. The van der Waals surface area contributed by atoms with E-state index in [-0.39, 0.29) is 23.7 Å². The molecule has 1 atom stereocenters. The van der Waals surface area contributed by atoms with Crippen LogP contribution in [0.15, 0.2) is 0 Å². The molecule has 0 aliphatic carbocycles. The predicted octanol–water partition coefficient (Wildman–Crippen LogP) is 1.53. The summed E-state index contributed by atoms with van der Waals surface area (Å²) < 4.78 is 43.8. The van der Waals surface area contributed by atoms with Crippen molar-refractivity contribution in [1.82, 2.24) is 9.78 Å². The van der Waals surface area contributed by atoms with Crippen LogP contribution in [0.25, 0.3) is 0 Å². The van der Waals surface area contributed by atoms with Crippen LogP contribution in [-0.2, 0) is 29.2 Å². The number of esters is 1. The number of aryl methyl sites for hydroxylation is 1. The molecule has 1 rings (SSSR count). The molecule has 108 valence electrons. The van der Waals surface area contributed by atoms with E-state index in [0.29, 0.717) is 0 Å². The maximum Gasteiger partial charge on any atom is 0.435 e. The van der Waals surface area contributed by atoms with Gasteiger partial charge in [0.2, 0.25) is 0 Å². The number of aromatic nitrogens is 2. The first-order chi connectivity index (χ1) is 8.68. The Hall–Kier alpha value is -1.28. The SMILES string of the molecule is CCOC(=O)C(N)Cc1c(C(F)(F)F)nn(C)c1Cl. The van der Waals surface area contributed by atoms with Gasteiger partial charge in [0, 0.05) is 19.0 Å². The first-order valence-electron chi connectivity index (χ1n) is 5.39. The third-order valence-electron chi connectivity index (χ3n) is 2.35. The molecule has 9 heteroatoms. The fourth-order valence-electron chi connectivity index (χ4n) is 1.51. The number of hydrogen-bond acceptors (Lipinski definition) is 4. The zero-order chi connectivity index (χ0) is 14.8. The van der Waals surface area contributed by atoms with Gasteiger partial charge < -0.3 is 10.5 Å². The van der Waals surface area contributed by atoms with Crippen molar-refractivity contribution in [2.24, 2.45) is 12.8 Å². The van der Waals surface area contributed by atoms with Crippen LogP contribution in [0.3, 0.4) is 0 Å². The highest BCUT2D eigenvalue weighted by molar-refractivity contribution is 6.30. The molecular weight excluding hydrogens is 287 g/mol. The minimum Gasteiger partial charge on any atom is -0.465 e. The Bertz CT molecular complexity index is 473. The lowest BCUT2D eigenvalue weighted by Crippen LogP contribution is -2.35. The van der Waals surface area contributed by atoms with Gasteiger partial charge in [-0.3, -0.25) is 9.48 Å². The quantitative estimate of drug-likeness (QED) is 0.856. The Morgan fingerprint density at radius 3 is 2.63 bits per heavy atom. The lowest BCUT2D eigenvalue weighted by Gasteiger charge is -2.11. The van der Waals surface area contributed by atoms with Crippen molar-refractivity contribution in [2.45, 2.75) is 25.6 Å². The number of carbonyl (C=O) groups excluding carboxylic acids is 1. The topological polar surface area (TPSA) is 70.1 Å². The Morgan fingerprint density at radius 2 is 2.16 bits per heavy atom. The summed E-state index contributed by atoms with van der Waals surface area (Å²) in [6, 6.07) is -1.22. The van der Waals surface area contributed by atoms with Crippen LogP contribution in [0.2, 0.25) is 5.15 Å². The summed E-state index contributed by atoms with van der Waals surface area (Å²) >= 11 is 5.74. The third kappa shape index (κ3) is 3.60. The van der Waals surface area contributed by atoms with Gasteiger partial charge in [-0.05, 0) is 6.92 Å². The molecule has 1 aromatic rings. The zero-order valence-corrected chi connectivity index (χ0v) is 11.0. The van der Waals surface area contributed by atoms with Gasteiger partial charge >= 0.3 is 12.1 Å². The van der Waals surface area contributed by atoms with Gasteiger partial charge in [-0.2, -0.15) is 18.3 Å². The molecule has 1 aromatic heterocycles. The Balaban J connectivity index is 3.04. The number of ether oxygens (including phenoxy) is 1. The fraction of sp³-hybridized carbons (Fsp3) is 0.600. The van der Waals surface area contributed by atoms with Crippen LogP contribution in [0.5, 0.6) is 0 Å². The van der Waals surface area contributed by atoms with Crippen molar-refractivity contribution < 1.29 is 22.7 Å². The summed E-state index contributed by atoms with van der Waals surface area (Å²) in [5.41, 5.74) is 4.04. The van der Waals surface area contributed by atoms with Gasteiger partial charge in [-0.1, -0.05) is 11.6 Å². The standard InChI is InChI=1S/C10H13ClF3N3O2/c1-3-19-9(18)6(15)4-5-7(10(12,13)14)16-17(2)8(5)11/h6H,3-4,15H2,1-2H3. The summed E-state index contributed by atoms with van der Waals surface area (Å²) in [6.07, 6.45) is -5.05. The molecule has 0 fully saturated rings. The lowest BCUT2D eigenvalue weighted by molar-refractivity contribution is -0.146. The molecule has 19 heavy (non-hydrogen) atoms. The average Bonchev–Trinajstić information content (AvgIpc) is 2.57. The Kier molecular flexibility index (Phi) is 4.81. The second-order valence-corrected chi connectivity index (χ2v) is 4.16. The van der Waals surface area contributed by atoms with Crippen LogP contribution in [0.4, 0.5) is 13.2 Å². The second-order valence-electron chi connectivity index (χ2n) is 3.80. The van der Waals surface area contributed by atoms with E-state index in [1.54, 1.807) is 6.92 Å². The Morgan fingerprint density at radius 1 is 1.58 bits per heavy atom. The van der Waals surface area contributed by atoms with Crippen molar-refractivity contribution in [1.29, 1.82) is 0 Å². The van der Waals surface area contributed by atoms with Crippen molar-refractivity contribution in [2.75, 3.05) is 6.61 Å². The normalized spacial score (nSPS) is 13.4. The van der Waals surface area contributed by atoms with Gasteiger partial charge in [-0.25, -0.2) is 0 Å². The van der Waals surface area contributed by atoms with E-state index in [9.17, 15) is 18.0 Å². The van der Waals surface area contributed by atoms with Gasteiger partial charge in [0.15, 0.2) is 5.69 Å². The first-order valence-corrected chi connectivity index (χ1v) is 5.77. The molecule has 0 saturated heterocycles. The highest BCUT2D eigenvalue weighted by Gasteiger charge is 2.39. The molecule has 0 bridgehead atoms. The summed E-state index contributed by atoms with van der Waals surface area (Å²) in [5, 5.41) is 3.09. The number of alkyl halides is 3. The smallest absolute Gasteiger partial charge is 0.435 e. The highest BCUT2D eigenvalue weighted by atomic mass is 35.5. The molecule has 0 aliphatic heterocycles. The molecule has 1 heterocycles. The van der Waals surface area contributed by atoms with E-state index >= 15 is 0 Å². The summed E-state index contributed by atoms with van der Waals surface area (Å²) in [7, 11) is 1.27. The fourth-order valence-corrected chi connectivity index (χ4v) is 1.71. The van der Waals surface area contributed by atoms with Crippen LogP contribution in [-0.4, -0.2) is 28.4 Å². The number of rotatable bonds is 4. The van der Waals surface area contributed by atoms with Crippen molar-refractivity contribution in [3.8, 4) is 0 Å². The summed E-state index contributed by atoms with van der Waals surface area (Å²) in [4.78, 5) is 11.3. The molecule has 2 N–H and O–H groups in total. The van der Waals surface area contributed by atoms with E-state index in [4.69, 9.17) is 17.3 Å². The number of nitrogens with two attached hydrogens (primary N) is 1. The maximum absolute atomic E-state index is 12.7. The van der Waals surface area contributed by atoms with E-state index in [1.807, 2.05) is 0 Å². The zero-order valence-electron chi connectivity index (χ0n) is 10.3. The van der Waals surface area contributed by atoms with Crippen LogP contribution < -0.4 is 5.73 Å². The van der Waals surface area contributed by atoms with Crippen molar-refractivity contribution >= 4 is 17.6 Å². The highest BCUT2D eigenvalue weighted by Crippen LogP contribution is 2.34. The number of carbonyl (C=O) groups is 1. The minimum atomic E-state index is -4.66.